The fourth-order valence-corrected chi connectivity index (χ4v) is 1.04. The molecule has 0 saturated heterocycles. The van der Waals surface area contributed by atoms with Gasteiger partial charge in [-0.15, -0.1) is 10.2 Å². The molecule has 0 aliphatic carbocycles. The summed E-state index contributed by atoms with van der Waals surface area (Å²) in [4.78, 5) is 0. The minimum atomic E-state index is 0.327. The first-order valence-electron chi connectivity index (χ1n) is 4.79. The van der Waals surface area contributed by atoms with Crippen molar-refractivity contribution >= 4 is 11.9 Å². The van der Waals surface area contributed by atoms with Crippen molar-refractivity contribution in [1.82, 2.24) is 40.4 Å². The molecule has 10 heteroatoms. The summed E-state index contributed by atoms with van der Waals surface area (Å²) in [7, 11) is 0. The van der Waals surface area contributed by atoms with Crippen molar-refractivity contribution in [1.29, 1.82) is 0 Å². The lowest BCUT2D eigenvalue weighted by molar-refractivity contribution is 0.619. The monoisotopic (exact) mass is 222 g/mol. The maximum absolute atomic E-state index is 3.88. The summed E-state index contributed by atoms with van der Waals surface area (Å²) in [6.07, 6.45) is 0. The van der Waals surface area contributed by atoms with Gasteiger partial charge in [-0.05, 0) is 34.7 Å². The Balaban J connectivity index is 2.21. The van der Waals surface area contributed by atoms with Crippen LogP contribution in [0.25, 0.3) is 0 Å². The standard InChI is InChI=1S/C6H10N10/c1-3-15-5(9-11-13-15)7-8-6-10-12-14-16(6)4-2/h3-4H2,1-2H3. The largest absolute Gasteiger partial charge is 0.288 e. The first-order chi connectivity index (χ1) is 7.85. The third-order valence-electron chi connectivity index (χ3n) is 1.85. The van der Waals surface area contributed by atoms with Gasteiger partial charge in [0.15, 0.2) is 0 Å². The molecule has 0 amide bonds. The lowest BCUT2D eigenvalue weighted by Gasteiger charge is -1.94. The Morgan fingerprint density at radius 2 is 1.31 bits per heavy atom. The summed E-state index contributed by atoms with van der Waals surface area (Å²) < 4.78 is 3.03. The lowest BCUT2D eigenvalue weighted by atomic mass is 10.7. The molecule has 16 heavy (non-hydrogen) atoms. The van der Waals surface area contributed by atoms with E-state index in [-0.39, 0.29) is 0 Å². The Kier molecular flexibility index (Phi) is 2.89. The average Bonchev–Trinajstić information content (AvgIpc) is 2.94. The minimum Gasteiger partial charge on any atom is -0.209 e. The number of hydrogen-bond acceptors (Lipinski definition) is 8. The van der Waals surface area contributed by atoms with Crippen LogP contribution in [-0.4, -0.2) is 40.4 Å². The molecule has 0 unspecified atom stereocenters. The second kappa shape index (κ2) is 4.51. The van der Waals surface area contributed by atoms with E-state index in [1.807, 2.05) is 13.8 Å². The number of aryl methyl sites for hydroxylation is 2. The van der Waals surface area contributed by atoms with Gasteiger partial charge in [-0.2, -0.15) is 0 Å². The van der Waals surface area contributed by atoms with Crippen molar-refractivity contribution in [2.24, 2.45) is 10.2 Å². The highest BCUT2D eigenvalue weighted by atomic mass is 15.6. The van der Waals surface area contributed by atoms with Crippen LogP contribution in [0.1, 0.15) is 13.8 Å². The summed E-state index contributed by atoms with van der Waals surface area (Å²) in [6.45, 7) is 5.07. The van der Waals surface area contributed by atoms with Gasteiger partial charge >= 0.3 is 0 Å². The summed E-state index contributed by atoms with van der Waals surface area (Å²) in [5, 5.41) is 29.6. The van der Waals surface area contributed by atoms with E-state index in [0.717, 1.165) is 0 Å². The quantitative estimate of drug-likeness (QED) is 0.679. The predicted molar refractivity (Wildman–Crippen MR) is 51.2 cm³/mol. The van der Waals surface area contributed by atoms with Gasteiger partial charge in [-0.3, -0.25) is 0 Å². The highest BCUT2D eigenvalue weighted by Gasteiger charge is 2.04. The van der Waals surface area contributed by atoms with E-state index in [1.165, 1.54) is 9.36 Å². The first kappa shape index (κ1) is 10.3. The fraction of sp³-hybridized carbons (Fsp3) is 0.667. The van der Waals surface area contributed by atoms with E-state index < -0.39 is 0 Å². The van der Waals surface area contributed by atoms with E-state index in [2.05, 4.69) is 41.3 Å². The molecule has 0 saturated carbocycles. The first-order valence-corrected chi connectivity index (χ1v) is 4.79. The summed E-state index contributed by atoms with van der Waals surface area (Å²) in [5.41, 5.74) is 0. The Labute approximate surface area is 90.4 Å². The molecule has 0 atom stereocenters. The third kappa shape index (κ3) is 1.89. The van der Waals surface area contributed by atoms with Gasteiger partial charge in [-0.25, -0.2) is 9.36 Å². The average molecular weight is 222 g/mol. The van der Waals surface area contributed by atoms with Crippen LogP contribution in [0, 0.1) is 0 Å². The molecule has 0 radical (unpaired) electrons. The van der Waals surface area contributed by atoms with E-state index >= 15 is 0 Å². The van der Waals surface area contributed by atoms with Gasteiger partial charge in [0.1, 0.15) is 0 Å². The van der Waals surface area contributed by atoms with Crippen molar-refractivity contribution in [3.05, 3.63) is 0 Å². The number of aromatic nitrogens is 8. The highest BCUT2D eigenvalue weighted by molar-refractivity contribution is 5.14. The zero-order valence-corrected chi connectivity index (χ0v) is 8.89. The zero-order chi connectivity index (χ0) is 11.4. The van der Waals surface area contributed by atoms with Crippen molar-refractivity contribution in [2.75, 3.05) is 0 Å². The Bertz CT molecular complexity index is 437. The van der Waals surface area contributed by atoms with E-state index in [1.54, 1.807) is 0 Å². The van der Waals surface area contributed by atoms with Crippen LogP contribution in [0.4, 0.5) is 11.9 Å². The molecule has 0 fully saturated rings. The number of rotatable bonds is 4. The number of tetrazole rings is 2. The van der Waals surface area contributed by atoms with E-state index in [9.17, 15) is 0 Å². The molecular weight excluding hydrogens is 212 g/mol. The number of hydrogen-bond donors (Lipinski definition) is 0. The maximum atomic E-state index is 3.88. The molecule has 0 aliphatic rings. The molecule has 0 N–H and O–H groups in total. The van der Waals surface area contributed by atoms with Crippen molar-refractivity contribution in [2.45, 2.75) is 26.9 Å². The number of nitrogens with zero attached hydrogens (tertiary/aromatic N) is 10. The molecule has 2 rings (SSSR count). The Morgan fingerprint density at radius 1 is 0.875 bits per heavy atom. The molecule has 0 aliphatic heterocycles. The van der Waals surface area contributed by atoms with E-state index in [0.29, 0.717) is 25.0 Å². The molecule has 0 bridgehead atoms. The van der Waals surface area contributed by atoms with Gasteiger partial charge in [0.05, 0.1) is 0 Å². The zero-order valence-electron chi connectivity index (χ0n) is 8.89. The summed E-state index contributed by atoms with van der Waals surface area (Å²) in [6, 6.07) is 0. The van der Waals surface area contributed by atoms with Crippen LogP contribution < -0.4 is 0 Å². The van der Waals surface area contributed by atoms with Crippen molar-refractivity contribution < 1.29 is 0 Å². The van der Waals surface area contributed by atoms with Crippen LogP contribution in [0.2, 0.25) is 0 Å². The van der Waals surface area contributed by atoms with Crippen molar-refractivity contribution in [3.8, 4) is 0 Å². The van der Waals surface area contributed by atoms with Crippen molar-refractivity contribution in [3.63, 3.8) is 0 Å². The van der Waals surface area contributed by atoms with Crippen LogP contribution in [-0.2, 0) is 13.1 Å². The molecule has 84 valence electrons. The molecular formula is C6H10N10. The predicted octanol–water partition coefficient (Wildman–Crippen LogP) is 0.115. The fourth-order valence-electron chi connectivity index (χ4n) is 1.04. The topological polar surface area (TPSA) is 112 Å². The summed E-state index contributed by atoms with van der Waals surface area (Å²) >= 11 is 0. The van der Waals surface area contributed by atoms with E-state index in [4.69, 9.17) is 0 Å². The second-order valence-electron chi connectivity index (χ2n) is 2.79. The van der Waals surface area contributed by atoms with Crippen LogP contribution in [0.15, 0.2) is 10.2 Å². The Hall–Kier alpha value is -2.26. The van der Waals surface area contributed by atoms with Gasteiger partial charge in [0.2, 0.25) is 0 Å². The molecule has 10 nitrogen and oxygen atoms in total. The second-order valence-corrected chi connectivity index (χ2v) is 2.79. The van der Waals surface area contributed by atoms with Crippen LogP contribution in [0.5, 0.6) is 0 Å². The molecule has 0 spiro atoms. The Morgan fingerprint density at radius 3 is 1.69 bits per heavy atom. The van der Waals surface area contributed by atoms with Gasteiger partial charge < -0.3 is 0 Å². The van der Waals surface area contributed by atoms with Crippen LogP contribution in [0.3, 0.4) is 0 Å². The van der Waals surface area contributed by atoms with Gasteiger partial charge in [0, 0.05) is 13.1 Å². The smallest absolute Gasteiger partial charge is 0.209 e. The van der Waals surface area contributed by atoms with Gasteiger partial charge in [0.25, 0.3) is 11.9 Å². The van der Waals surface area contributed by atoms with Gasteiger partial charge in [-0.1, -0.05) is 10.2 Å². The highest BCUT2D eigenvalue weighted by Crippen LogP contribution is 2.11. The molecule has 2 aromatic heterocycles. The lowest BCUT2D eigenvalue weighted by Crippen LogP contribution is -1.96. The third-order valence-corrected chi connectivity index (χ3v) is 1.85. The molecule has 0 aromatic carbocycles. The summed E-state index contributed by atoms with van der Waals surface area (Å²) in [5.74, 6) is 0.654. The maximum Gasteiger partial charge on any atom is 0.288 e. The molecule has 2 heterocycles. The number of azo groups is 1. The SMILES string of the molecule is CCn1nnnc1N=Nc1nnnn1CC. The normalized spacial score (nSPS) is 11.4. The van der Waals surface area contributed by atoms with Crippen LogP contribution >= 0.6 is 0 Å². The molecule has 2 aromatic rings. The minimum absolute atomic E-state index is 0.327.